The number of nitrogens with zero attached hydrogens (tertiary/aromatic N) is 3. The summed E-state index contributed by atoms with van der Waals surface area (Å²) in [6.45, 7) is 4.21. The Labute approximate surface area is 97.8 Å². The zero-order valence-corrected chi connectivity index (χ0v) is 9.75. The molecule has 0 radical (unpaired) electrons. The van der Waals surface area contributed by atoms with Gasteiger partial charge in [0.15, 0.2) is 0 Å². The SMILES string of the molecule is Cc1nc(Cl)c(C)c(NCc2ccon2)n1. The average molecular weight is 239 g/mol. The Morgan fingerprint density at radius 3 is 2.88 bits per heavy atom. The highest BCUT2D eigenvalue weighted by Crippen LogP contribution is 2.19. The van der Waals surface area contributed by atoms with Gasteiger partial charge in [-0.15, -0.1) is 0 Å². The molecule has 0 aliphatic heterocycles. The zero-order valence-electron chi connectivity index (χ0n) is 8.99. The molecule has 0 fully saturated rings. The van der Waals surface area contributed by atoms with E-state index in [0.29, 0.717) is 17.5 Å². The highest BCUT2D eigenvalue weighted by Gasteiger charge is 2.07. The van der Waals surface area contributed by atoms with Crippen molar-refractivity contribution in [3.63, 3.8) is 0 Å². The topological polar surface area (TPSA) is 63.8 Å². The van der Waals surface area contributed by atoms with Crippen LogP contribution in [0.3, 0.4) is 0 Å². The summed E-state index contributed by atoms with van der Waals surface area (Å²) in [4.78, 5) is 8.33. The second kappa shape index (κ2) is 4.49. The van der Waals surface area contributed by atoms with E-state index in [-0.39, 0.29) is 0 Å². The largest absolute Gasteiger partial charge is 0.364 e. The Balaban J connectivity index is 2.15. The highest BCUT2D eigenvalue weighted by atomic mass is 35.5. The van der Waals surface area contributed by atoms with Crippen LogP contribution in [0.2, 0.25) is 5.15 Å². The van der Waals surface area contributed by atoms with E-state index in [4.69, 9.17) is 16.1 Å². The molecule has 6 heteroatoms. The van der Waals surface area contributed by atoms with Crippen LogP contribution in [0.5, 0.6) is 0 Å². The van der Waals surface area contributed by atoms with Gasteiger partial charge in [-0.1, -0.05) is 16.8 Å². The average Bonchev–Trinajstić information content (AvgIpc) is 2.74. The second-order valence-corrected chi connectivity index (χ2v) is 3.74. The summed E-state index contributed by atoms with van der Waals surface area (Å²) in [6.07, 6.45) is 1.53. The molecule has 0 amide bonds. The summed E-state index contributed by atoms with van der Waals surface area (Å²) >= 11 is 5.95. The third kappa shape index (κ3) is 2.30. The molecule has 0 aliphatic rings. The van der Waals surface area contributed by atoms with Crippen LogP contribution in [0.1, 0.15) is 17.1 Å². The quantitative estimate of drug-likeness (QED) is 0.832. The fourth-order valence-electron chi connectivity index (χ4n) is 1.27. The molecule has 0 aromatic carbocycles. The molecule has 1 N–H and O–H groups in total. The molecule has 0 atom stereocenters. The van der Waals surface area contributed by atoms with Crippen LogP contribution in [0, 0.1) is 13.8 Å². The minimum atomic E-state index is 0.468. The van der Waals surface area contributed by atoms with E-state index in [1.807, 2.05) is 6.92 Å². The molecule has 2 aromatic heterocycles. The van der Waals surface area contributed by atoms with Gasteiger partial charge in [0.1, 0.15) is 28.8 Å². The van der Waals surface area contributed by atoms with Crippen molar-refractivity contribution in [3.05, 3.63) is 34.6 Å². The fourth-order valence-corrected chi connectivity index (χ4v) is 1.48. The van der Waals surface area contributed by atoms with Crippen molar-refractivity contribution in [1.82, 2.24) is 15.1 Å². The Bertz CT molecular complexity index is 484. The Morgan fingerprint density at radius 1 is 1.38 bits per heavy atom. The summed E-state index contributed by atoms with van der Waals surface area (Å²) in [6, 6.07) is 1.79. The van der Waals surface area contributed by atoms with Gasteiger partial charge in [0.2, 0.25) is 0 Å². The lowest BCUT2D eigenvalue weighted by Gasteiger charge is -2.08. The number of rotatable bonds is 3. The van der Waals surface area contributed by atoms with Gasteiger partial charge in [0.05, 0.1) is 6.54 Å². The first kappa shape index (κ1) is 10.9. The zero-order chi connectivity index (χ0) is 11.5. The van der Waals surface area contributed by atoms with Gasteiger partial charge in [0, 0.05) is 11.6 Å². The number of aromatic nitrogens is 3. The maximum Gasteiger partial charge on any atom is 0.137 e. The van der Waals surface area contributed by atoms with Crippen LogP contribution in [0.15, 0.2) is 16.9 Å². The van der Waals surface area contributed by atoms with E-state index in [9.17, 15) is 0 Å². The molecule has 0 bridgehead atoms. The van der Waals surface area contributed by atoms with Crippen LogP contribution in [0.25, 0.3) is 0 Å². The summed E-state index contributed by atoms with van der Waals surface area (Å²) in [7, 11) is 0. The molecule has 0 saturated heterocycles. The van der Waals surface area contributed by atoms with Crippen LogP contribution >= 0.6 is 11.6 Å². The Hall–Kier alpha value is -1.62. The Morgan fingerprint density at radius 2 is 2.19 bits per heavy atom. The van der Waals surface area contributed by atoms with E-state index in [1.165, 1.54) is 6.26 Å². The van der Waals surface area contributed by atoms with Crippen LogP contribution < -0.4 is 5.32 Å². The second-order valence-electron chi connectivity index (χ2n) is 3.38. The molecule has 2 rings (SSSR count). The van der Waals surface area contributed by atoms with Gasteiger partial charge in [-0.3, -0.25) is 0 Å². The Kier molecular flexibility index (Phi) is 3.05. The number of nitrogens with one attached hydrogen (secondary N) is 1. The van der Waals surface area contributed by atoms with Crippen molar-refractivity contribution in [2.45, 2.75) is 20.4 Å². The van der Waals surface area contributed by atoms with E-state index >= 15 is 0 Å². The van der Waals surface area contributed by atoms with E-state index in [2.05, 4.69) is 20.4 Å². The summed E-state index contributed by atoms with van der Waals surface area (Å²) < 4.78 is 4.73. The van der Waals surface area contributed by atoms with Gasteiger partial charge >= 0.3 is 0 Å². The smallest absolute Gasteiger partial charge is 0.137 e. The minimum absolute atomic E-state index is 0.468. The van der Waals surface area contributed by atoms with Gasteiger partial charge in [-0.25, -0.2) is 9.97 Å². The highest BCUT2D eigenvalue weighted by molar-refractivity contribution is 6.30. The predicted octanol–water partition coefficient (Wildman–Crippen LogP) is 2.35. The van der Waals surface area contributed by atoms with Crippen molar-refractivity contribution in [2.24, 2.45) is 0 Å². The van der Waals surface area contributed by atoms with E-state index in [0.717, 1.165) is 17.1 Å². The molecule has 84 valence electrons. The predicted molar refractivity (Wildman–Crippen MR) is 60.3 cm³/mol. The summed E-state index contributed by atoms with van der Waals surface area (Å²) in [5.74, 6) is 1.36. The number of hydrogen-bond donors (Lipinski definition) is 1. The van der Waals surface area contributed by atoms with Gasteiger partial charge in [-0.2, -0.15) is 0 Å². The molecule has 2 heterocycles. The van der Waals surface area contributed by atoms with Gasteiger partial charge in [0.25, 0.3) is 0 Å². The number of anilines is 1. The standard InChI is InChI=1S/C10H11ClN4O/c1-6-9(11)13-7(2)14-10(6)12-5-8-3-4-16-15-8/h3-4H,5H2,1-2H3,(H,12,13,14). The first-order valence-electron chi connectivity index (χ1n) is 4.80. The molecule has 2 aromatic rings. The van der Waals surface area contributed by atoms with Crippen molar-refractivity contribution < 1.29 is 4.52 Å². The number of hydrogen-bond acceptors (Lipinski definition) is 5. The molecular weight excluding hydrogens is 228 g/mol. The number of halogens is 1. The minimum Gasteiger partial charge on any atom is -0.364 e. The number of aryl methyl sites for hydroxylation is 1. The van der Waals surface area contributed by atoms with E-state index < -0.39 is 0 Å². The van der Waals surface area contributed by atoms with Crippen LogP contribution in [-0.4, -0.2) is 15.1 Å². The molecule has 5 nitrogen and oxygen atoms in total. The summed E-state index contributed by atoms with van der Waals surface area (Å²) in [5, 5.41) is 7.40. The monoisotopic (exact) mass is 238 g/mol. The molecular formula is C10H11ClN4O. The van der Waals surface area contributed by atoms with Crippen molar-refractivity contribution in [1.29, 1.82) is 0 Å². The van der Waals surface area contributed by atoms with Crippen molar-refractivity contribution in [3.8, 4) is 0 Å². The first-order chi connectivity index (χ1) is 7.66. The third-order valence-corrected chi connectivity index (χ3v) is 2.49. The maximum absolute atomic E-state index is 5.95. The van der Waals surface area contributed by atoms with Crippen molar-refractivity contribution >= 4 is 17.4 Å². The molecule has 0 unspecified atom stereocenters. The lowest BCUT2D eigenvalue weighted by atomic mass is 10.3. The maximum atomic E-state index is 5.95. The molecule has 0 spiro atoms. The molecule has 16 heavy (non-hydrogen) atoms. The van der Waals surface area contributed by atoms with Crippen LogP contribution in [-0.2, 0) is 6.54 Å². The summed E-state index contributed by atoms with van der Waals surface area (Å²) in [5.41, 5.74) is 1.64. The first-order valence-corrected chi connectivity index (χ1v) is 5.18. The lowest BCUT2D eigenvalue weighted by molar-refractivity contribution is 0.412. The van der Waals surface area contributed by atoms with Gasteiger partial charge in [-0.05, 0) is 13.8 Å². The fraction of sp³-hybridized carbons (Fsp3) is 0.300. The van der Waals surface area contributed by atoms with Crippen molar-refractivity contribution in [2.75, 3.05) is 5.32 Å². The van der Waals surface area contributed by atoms with Crippen LogP contribution in [0.4, 0.5) is 5.82 Å². The molecule has 0 saturated carbocycles. The van der Waals surface area contributed by atoms with E-state index in [1.54, 1.807) is 13.0 Å². The third-order valence-electron chi connectivity index (χ3n) is 2.13. The lowest BCUT2D eigenvalue weighted by Crippen LogP contribution is -2.06. The molecule has 0 aliphatic carbocycles. The van der Waals surface area contributed by atoms with Gasteiger partial charge < -0.3 is 9.84 Å². The normalized spacial score (nSPS) is 10.4.